The van der Waals surface area contributed by atoms with E-state index in [9.17, 15) is 18.0 Å². The molecule has 2 aromatic carbocycles. The Kier molecular flexibility index (Phi) is 7.32. The predicted molar refractivity (Wildman–Crippen MR) is 129 cm³/mol. The Hall–Kier alpha value is -3.59. The van der Waals surface area contributed by atoms with Crippen molar-refractivity contribution in [2.24, 2.45) is 5.92 Å². The first-order valence-corrected chi connectivity index (χ1v) is 12.3. The number of ether oxygens (including phenoxy) is 3. The molecular formula is C28H27F3N2O4. The summed E-state index contributed by atoms with van der Waals surface area (Å²) in [4.78, 5) is 18.8. The maximum absolute atomic E-state index is 12.8. The van der Waals surface area contributed by atoms with E-state index < -0.39 is 11.7 Å². The van der Waals surface area contributed by atoms with E-state index in [1.54, 1.807) is 6.07 Å². The second-order valence-electron chi connectivity index (χ2n) is 9.22. The van der Waals surface area contributed by atoms with Crippen LogP contribution in [0.25, 0.3) is 0 Å². The van der Waals surface area contributed by atoms with Gasteiger partial charge in [0, 0.05) is 30.3 Å². The number of carbonyl (C=O) groups is 1. The van der Waals surface area contributed by atoms with E-state index in [0.29, 0.717) is 30.9 Å². The first-order valence-electron chi connectivity index (χ1n) is 12.3. The number of alkyl halides is 3. The highest BCUT2D eigenvalue weighted by Crippen LogP contribution is 2.44. The van der Waals surface area contributed by atoms with Gasteiger partial charge in [-0.15, -0.1) is 0 Å². The molecule has 1 atom stereocenters. The van der Waals surface area contributed by atoms with Crippen LogP contribution in [0.3, 0.4) is 0 Å². The van der Waals surface area contributed by atoms with E-state index in [-0.39, 0.29) is 30.4 Å². The van der Waals surface area contributed by atoms with E-state index in [1.807, 2.05) is 42.5 Å². The first-order chi connectivity index (χ1) is 17.9. The lowest BCUT2D eigenvalue weighted by Gasteiger charge is -2.39. The van der Waals surface area contributed by atoms with Crippen LogP contribution in [0.4, 0.5) is 13.2 Å². The third-order valence-corrected chi connectivity index (χ3v) is 6.81. The van der Waals surface area contributed by atoms with E-state index in [2.05, 4.69) is 9.88 Å². The summed E-state index contributed by atoms with van der Waals surface area (Å²) >= 11 is 0. The van der Waals surface area contributed by atoms with E-state index in [0.717, 1.165) is 42.9 Å². The zero-order valence-corrected chi connectivity index (χ0v) is 20.1. The average Bonchev–Trinajstić information content (AvgIpc) is 2.92. The van der Waals surface area contributed by atoms with E-state index in [1.165, 1.54) is 6.07 Å². The van der Waals surface area contributed by atoms with Crippen molar-refractivity contribution in [2.45, 2.75) is 38.1 Å². The predicted octanol–water partition coefficient (Wildman–Crippen LogP) is 6.17. The van der Waals surface area contributed by atoms with Gasteiger partial charge in [0.25, 0.3) is 0 Å². The number of aromatic nitrogens is 1. The van der Waals surface area contributed by atoms with Gasteiger partial charge in [0.2, 0.25) is 5.88 Å². The molecule has 37 heavy (non-hydrogen) atoms. The molecule has 0 amide bonds. The quantitative estimate of drug-likeness (QED) is 0.368. The van der Waals surface area contributed by atoms with E-state index >= 15 is 0 Å². The normalized spacial score (nSPS) is 18.5. The first kappa shape index (κ1) is 25.1. The number of piperidine rings is 1. The lowest BCUT2D eigenvalue weighted by molar-refractivity contribution is -0.151. The SMILES string of the molecule is O=C(OCc1ccccc1)C1CCN(C2CCOc3c(Oc4ccc(C(F)(F)F)cn4)cccc32)CC1. The summed E-state index contributed by atoms with van der Waals surface area (Å²) in [5.41, 5.74) is 1.09. The number of hydrogen-bond acceptors (Lipinski definition) is 6. The summed E-state index contributed by atoms with van der Waals surface area (Å²) < 4.78 is 55.8. The Morgan fingerprint density at radius 1 is 1.00 bits per heavy atom. The highest BCUT2D eigenvalue weighted by atomic mass is 19.4. The van der Waals surface area contributed by atoms with Gasteiger partial charge in [0.05, 0.1) is 18.1 Å². The van der Waals surface area contributed by atoms with Gasteiger partial charge < -0.3 is 14.2 Å². The molecular weight excluding hydrogens is 485 g/mol. The number of hydrogen-bond donors (Lipinski definition) is 0. The number of nitrogens with zero attached hydrogens (tertiary/aromatic N) is 2. The minimum atomic E-state index is -4.46. The molecule has 0 saturated carbocycles. The second kappa shape index (κ2) is 10.8. The van der Waals surface area contributed by atoms with Crippen LogP contribution < -0.4 is 9.47 Å². The zero-order valence-electron chi connectivity index (χ0n) is 20.1. The van der Waals surface area contributed by atoms with Crippen molar-refractivity contribution in [1.82, 2.24) is 9.88 Å². The fraction of sp³-hybridized carbons (Fsp3) is 0.357. The van der Waals surface area contributed by atoms with Crippen molar-refractivity contribution in [3.63, 3.8) is 0 Å². The smallest absolute Gasteiger partial charge is 0.417 e. The number of halogens is 3. The van der Waals surface area contributed by atoms with Crippen LogP contribution >= 0.6 is 0 Å². The molecule has 0 bridgehead atoms. The van der Waals surface area contributed by atoms with Crippen LogP contribution in [0.1, 0.15) is 42.0 Å². The molecule has 0 radical (unpaired) electrons. The summed E-state index contributed by atoms with van der Waals surface area (Å²) in [6.07, 6.45) is -1.49. The number of likely N-dealkylation sites (tertiary alicyclic amines) is 1. The van der Waals surface area contributed by atoms with Crippen LogP contribution in [-0.2, 0) is 22.3 Å². The summed E-state index contributed by atoms with van der Waals surface area (Å²) in [5, 5.41) is 0. The summed E-state index contributed by atoms with van der Waals surface area (Å²) in [5.74, 6) is 0.760. The second-order valence-corrected chi connectivity index (χ2v) is 9.22. The van der Waals surface area contributed by atoms with Gasteiger partial charge in [-0.1, -0.05) is 42.5 Å². The molecule has 3 heterocycles. The van der Waals surface area contributed by atoms with Crippen LogP contribution in [0.15, 0.2) is 66.9 Å². The Bertz CT molecular complexity index is 1210. The van der Waals surface area contributed by atoms with Crippen LogP contribution in [0.2, 0.25) is 0 Å². The van der Waals surface area contributed by atoms with Crippen molar-refractivity contribution in [3.8, 4) is 17.4 Å². The summed E-state index contributed by atoms with van der Waals surface area (Å²) in [6.45, 7) is 2.27. The van der Waals surface area contributed by atoms with Crippen molar-refractivity contribution in [2.75, 3.05) is 19.7 Å². The average molecular weight is 513 g/mol. The molecule has 0 N–H and O–H groups in total. The Morgan fingerprint density at radius 2 is 1.78 bits per heavy atom. The third-order valence-electron chi connectivity index (χ3n) is 6.81. The fourth-order valence-corrected chi connectivity index (χ4v) is 4.85. The molecule has 0 spiro atoms. The molecule has 1 aromatic heterocycles. The van der Waals surface area contributed by atoms with Gasteiger partial charge in [-0.2, -0.15) is 13.2 Å². The molecule has 3 aromatic rings. The standard InChI is InChI=1S/C28H27F3N2O4/c29-28(30,31)21-9-10-25(32-17-21)37-24-8-4-7-22-23(13-16-35-26(22)24)33-14-11-20(12-15-33)27(34)36-18-19-5-2-1-3-6-19/h1-10,17,20,23H,11-16,18H2. The van der Waals surface area contributed by atoms with Crippen molar-refractivity contribution < 1.29 is 32.2 Å². The molecule has 1 saturated heterocycles. The van der Waals surface area contributed by atoms with Gasteiger partial charge in [0.15, 0.2) is 11.5 Å². The number of pyridine rings is 1. The Morgan fingerprint density at radius 3 is 2.49 bits per heavy atom. The number of rotatable bonds is 6. The van der Waals surface area contributed by atoms with Gasteiger partial charge >= 0.3 is 12.1 Å². The molecule has 194 valence electrons. The van der Waals surface area contributed by atoms with E-state index in [4.69, 9.17) is 14.2 Å². The molecule has 2 aliphatic rings. The third kappa shape index (κ3) is 5.88. The van der Waals surface area contributed by atoms with Crippen LogP contribution in [0.5, 0.6) is 17.4 Å². The molecule has 0 aliphatic carbocycles. The van der Waals surface area contributed by atoms with Crippen molar-refractivity contribution >= 4 is 5.97 Å². The lowest BCUT2D eigenvalue weighted by Crippen LogP contribution is -2.40. The monoisotopic (exact) mass is 512 g/mol. The van der Waals surface area contributed by atoms with Crippen molar-refractivity contribution in [1.29, 1.82) is 0 Å². The zero-order chi connectivity index (χ0) is 25.8. The minimum absolute atomic E-state index is 0.0574. The largest absolute Gasteiger partial charge is 0.489 e. The van der Waals surface area contributed by atoms with Gasteiger partial charge in [-0.05, 0) is 43.6 Å². The molecule has 1 unspecified atom stereocenters. The number of fused-ring (bicyclic) bond motifs is 1. The molecule has 6 nitrogen and oxygen atoms in total. The molecule has 5 rings (SSSR count). The van der Waals surface area contributed by atoms with Crippen molar-refractivity contribution in [3.05, 3.63) is 83.6 Å². The fourth-order valence-electron chi connectivity index (χ4n) is 4.85. The van der Waals surface area contributed by atoms with Gasteiger partial charge in [0.1, 0.15) is 6.61 Å². The lowest BCUT2D eigenvalue weighted by atomic mass is 9.92. The van der Waals surface area contributed by atoms with Gasteiger partial charge in [-0.25, -0.2) is 4.98 Å². The number of esters is 1. The number of para-hydroxylation sites is 1. The molecule has 2 aliphatic heterocycles. The maximum atomic E-state index is 12.8. The topological polar surface area (TPSA) is 60.9 Å². The Balaban J connectivity index is 1.22. The summed E-state index contributed by atoms with van der Waals surface area (Å²) in [7, 11) is 0. The number of carbonyl (C=O) groups excluding carboxylic acids is 1. The maximum Gasteiger partial charge on any atom is 0.417 e. The highest BCUT2D eigenvalue weighted by Gasteiger charge is 2.34. The molecule has 9 heteroatoms. The van der Waals surface area contributed by atoms with Crippen LogP contribution in [0, 0.1) is 5.92 Å². The van der Waals surface area contributed by atoms with Crippen LogP contribution in [-0.4, -0.2) is 35.5 Å². The van der Waals surface area contributed by atoms with Gasteiger partial charge in [-0.3, -0.25) is 9.69 Å². The Labute approximate surface area is 213 Å². The minimum Gasteiger partial charge on any atom is -0.489 e. The highest BCUT2D eigenvalue weighted by molar-refractivity contribution is 5.72. The molecule has 1 fully saturated rings. The summed E-state index contributed by atoms with van der Waals surface area (Å²) in [6, 6.07) is 17.4. The number of benzene rings is 2.